The number of hydrogen-bond acceptors (Lipinski definition) is 2. The molecule has 0 saturated carbocycles. The average molecular weight is 378 g/mol. The number of rotatable bonds is 1. The lowest BCUT2D eigenvalue weighted by atomic mass is 9.74. The lowest BCUT2D eigenvalue weighted by Crippen LogP contribution is -2.53. The highest BCUT2D eigenvalue weighted by molar-refractivity contribution is 6.09. The Balaban J connectivity index is 1.83. The molecule has 1 fully saturated rings. The summed E-state index contributed by atoms with van der Waals surface area (Å²) >= 11 is 0. The molecule has 140 valence electrons. The molecule has 2 amide bonds. The number of carbonyl (C=O) groups excluding carboxylic acids is 2. The Labute approximate surface area is 151 Å². The number of hydrogen-bond donors (Lipinski definition) is 1. The summed E-state index contributed by atoms with van der Waals surface area (Å²) in [5, 5.41) is 2.73. The van der Waals surface area contributed by atoms with Crippen LogP contribution in [0.4, 0.5) is 28.9 Å². The van der Waals surface area contributed by atoms with Crippen LogP contribution in [-0.4, -0.2) is 18.4 Å². The molecular formula is C19H14F4N2O2. The molecule has 1 unspecified atom stereocenters. The highest BCUT2D eigenvalue weighted by Gasteiger charge is 2.52. The summed E-state index contributed by atoms with van der Waals surface area (Å²) in [6.45, 7) is -0.277. The topological polar surface area (TPSA) is 49.4 Å². The van der Waals surface area contributed by atoms with Crippen molar-refractivity contribution in [3.8, 4) is 0 Å². The number of fused-ring (bicyclic) bond motifs is 2. The molecule has 1 N–H and O–H groups in total. The first-order valence-electron chi connectivity index (χ1n) is 8.30. The number of amides is 2. The van der Waals surface area contributed by atoms with E-state index in [2.05, 4.69) is 5.32 Å². The third kappa shape index (κ3) is 2.67. The van der Waals surface area contributed by atoms with Crippen LogP contribution in [0.3, 0.4) is 0 Å². The fourth-order valence-electron chi connectivity index (χ4n) is 3.86. The lowest BCUT2D eigenvalue weighted by molar-refractivity contribution is -0.137. The van der Waals surface area contributed by atoms with Crippen LogP contribution in [-0.2, 0) is 21.2 Å². The number of alkyl halides is 3. The molecule has 2 aliphatic rings. The summed E-state index contributed by atoms with van der Waals surface area (Å²) in [7, 11) is 0. The van der Waals surface area contributed by atoms with Crippen LogP contribution in [0.5, 0.6) is 0 Å². The van der Waals surface area contributed by atoms with Crippen molar-refractivity contribution in [3.05, 3.63) is 59.4 Å². The van der Waals surface area contributed by atoms with E-state index in [4.69, 9.17) is 0 Å². The molecule has 0 bridgehead atoms. The minimum absolute atomic E-state index is 0.116. The van der Waals surface area contributed by atoms with Crippen molar-refractivity contribution in [1.29, 1.82) is 0 Å². The number of nitrogens with zero attached hydrogens (tertiary/aromatic N) is 1. The predicted octanol–water partition coefficient (Wildman–Crippen LogP) is 3.86. The molecule has 0 aliphatic carbocycles. The molecule has 4 rings (SSSR count). The Bertz CT molecular complexity index is 957. The second kappa shape index (κ2) is 5.80. The largest absolute Gasteiger partial charge is 0.418 e. The first-order valence-corrected chi connectivity index (χ1v) is 8.30. The number of benzene rings is 2. The number of nitrogens with one attached hydrogen (secondary N) is 1. The van der Waals surface area contributed by atoms with Crippen molar-refractivity contribution < 1.29 is 27.2 Å². The summed E-state index contributed by atoms with van der Waals surface area (Å²) < 4.78 is 53.9. The van der Waals surface area contributed by atoms with Crippen LogP contribution >= 0.6 is 0 Å². The normalized spacial score (nSPS) is 22.1. The second-order valence-corrected chi connectivity index (χ2v) is 6.72. The number of piperidine rings is 1. The zero-order valence-corrected chi connectivity index (χ0v) is 13.9. The van der Waals surface area contributed by atoms with Crippen LogP contribution in [0.2, 0.25) is 0 Å². The van der Waals surface area contributed by atoms with Crippen molar-refractivity contribution >= 4 is 23.2 Å². The standard InChI is InChI=1S/C19H14F4N2O2/c20-11-5-6-13(19(21,22)23)15(9-11)25-10-18(8-7-16(25)26)12-3-1-2-4-14(12)24-17(18)27/h1-6,9H,7-8,10H2,(H,24,27). The molecule has 0 aromatic heterocycles. The van der Waals surface area contributed by atoms with E-state index in [1.807, 2.05) is 0 Å². The van der Waals surface area contributed by atoms with Crippen LogP contribution in [0, 0.1) is 5.82 Å². The van der Waals surface area contributed by atoms with Crippen molar-refractivity contribution in [1.82, 2.24) is 0 Å². The summed E-state index contributed by atoms with van der Waals surface area (Å²) in [6.07, 6.45) is -4.69. The monoisotopic (exact) mass is 378 g/mol. The van der Waals surface area contributed by atoms with E-state index in [1.54, 1.807) is 24.3 Å². The minimum Gasteiger partial charge on any atom is -0.325 e. The molecule has 2 aliphatic heterocycles. The summed E-state index contributed by atoms with van der Waals surface area (Å²) in [4.78, 5) is 26.0. The first-order chi connectivity index (χ1) is 12.7. The zero-order chi connectivity index (χ0) is 19.4. The van der Waals surface area contributed by atoms with E-state index < -0.39 is 34.6 Å². The smallest absolute Gasteiger partial charge is 0.325 e. The average Bonchev–Trinajstić information content (AvgIpc) is 2.88. The Kier molecular flexibility index (Phi) is 3.76. The summed E-state index contributed by atoms with van der Waals surface area (Å²) in [5.74, 6) is -1.83. The maximum atomic E-state index is 13.7. The Morgan fingerprint density at radius 1 is 1.07 bits per heavy atom. The van der Waals surface area contributed by atoms with Gasteiger partial charge in [0.1, 0.15) is 5.82 Å². The van der Waals surface area contributed by atoms with Crippen LogP contribution in [0.15, 0.2) is 42.5 Å². The second-order valence-electron chi connectivity index (χ2n) is 6.72. The maximum absolute atomic E-state index is 13.7. The van der Waals surface area contributed by atoms with Gasteiger partial charge in [-0.25, -0.2) is 4.39 Å². The van der Waals surface area contributed by atoms with E-state index in [0.717, 1.165) is 4.90 Å². The van der Waals surface area contributed by atoms with Crippen LogP contribution < -0.4 is 10.2 Å². The van der Waals surface area contributed by atoms with Crippen LogP contribution in [0.25, 0.3) is 0 Å². The van der Waals surface area contributed by atoms with Crippen molar-refractivity contribution in [2.45, 2.75) is 24.4 Å². The Morgan fingerprint density at radius 2 is 1.81 bits per heavy atom. The molecule has 0 radical (unpaired) electrons. The van der Waals surface area contributed by atoms with Crippen molar-refractivity contribution in [3.63, 3.8) is 0 Å². The van der Waals surface area contributed by atoms with Gasteiger partial charge in [-0.15, -0.1) is 0 Å². The highest BCUT2D eigenvalue weighted by Crippen LogP contribution is 2.46. The fourth-order valence-corrected chi connectivity index (χ4v) is 3.86. The quantitative estimate of drug-likeness (QED) is 0.766. The number of para-hydroxylation sites is 1. The van der Waals surface area contributed by atoms with E-state index in [0.29, 0.717) is 29.4 Å². The van der Waals surface area contributed by atoms with Crippen molar-refractivity contribution in [2.24, 2.45) is 0 Å². The Morgan fingerprint density at radius 3 is 2.56 bits per heavy atom. The van der Waals surface area contributed by atoms with Gasteiger partial charge < -0.3 is 10.2 Å². The Hall–Kier alpha value is -2.90. The molecule has 27 heavy (non-hydrogen) atoms. The minimum atomic E-state index is -4.76. The van der Waals surface area contributed by atoms with Crippen LogP contribution in [0.1, 0.15) is 24.0 Å². The molecule has 1 atom stereocenters. The molecule has 1 saturated heterocycles. The summed E-state index contributed by atoms with van der Waals surface area (Å²) in [6, 6.07) is 8.89. The van der Waals surface area contributed by atoms with Gasteiger partial charge >= 0.3 is 6.18 Å². The summed E-state index contributed by atoms with van der Waals surface area (Å²) in [5.41, 5.74) is -1.62. The van der Waals surface area contributed by atoms with Gasteiger partial charge in [0.25, 0.3) is 0 Å². The number of anilines is 2. The van der Waals surface area contributed by atoms with E-state index in [1.165, 1.54) is 0 Å². The predicted molar refractivity (Wildman–Crippen MR) is 89.7 cm³/mol. The van der Waals surface area contributed by atoms with Gasteiger partial charge in [-0.3, -0.25) is 9.59 Å². The molecule has 2 aromatic rings. The van der Waals surface area contributed by atoms with Gasteiger partial charge in [0.15, 0.2) is 0 Å². The fraction of sp³-hybridized carbons (Fsp3) is 0.263. The molecule has 4 nitrogen and oxygen atoms in total. The molecule has 1 spiro atoms. The van der Waals surface area contributed by atoms with E-state index in [-0.39, 0.29) is 25.3 Å². The third-order valence-corrected chi connectivity index (χ3v) is 5.18. The first kappa shape index (κ1) is 17.5. The lowest BCUT2D eigenvalue weighted by Gasteiger charge is -2.39. The van der Waals surface area contributed by atoms with Gasteiger partial charge in [-0.2, -0.15) is 13.2 Å². The molecular weight excluding hydrogens is 364 g/mol. The van der Waals surface area contributed by atoms with Crippen molar-refractivity contribution in [2.75, 3.05) is 16.8 Å². The van der Waals surface area contributed by atoms with Gasteiger partial charge in [0, 0.05) is 18.7 Å². The molecule has 2 aromatic carbocycles. The van der Waals surface area contributed by atoms with Gasteiger partial charge in [0.2, 0.25) is 11.8 Å². The SMILES string of the molecule is O=C1CCC2(CN1c1cc(F)ccc1C(F)(F)F)C(=O)Nc1ccccc12. The number of carbonyl (C=O) groups is 2. The van der Waals surface area contributed by atoms with Gasteiger partial charge in [-0.05, 0) is 36.2 Å². The third-order valence-electron chi connectivity index (χ3n) is 5.18. The zero-order valence-electron chi connectivity index (χ0n) is 13.9. The number of halogens is 4. The van der Waals surface area contributed by atoms with Gasteiger partial charge in [0.05, 0.1) is 16.7 Å². The molecule has 8 heteroatoms. The van der Waals surface area contributed by atoms with E-state index >= 15 is 0 Å². The molecule has 2 heterocycles. The highest BCUT2D eigenvalue weighted by atomic mass is 19.4. The van der Waals surface area contributed by atoms with Gasteiger partial charge in [-0.1, -0.05) is 18.2 Å². The maximum Gasteiger partial charge on any atom is 0.418 e. The van der Waals surface area contributed by atoms with E-state index in [9.17, 15) is 27.2 Å².